The SMILES string of the molecule is CC[C@@H]1CN(Cc2cc([C@H](OCc3cn(CC)nn3)C(C)(C)C(=O)O)ccc2C)Cc2ncccc2O1. The van der Waals surface area contributed by atoms with Crippen LogP contribution in [0.3, 0.4) is 0 Å². The lowest BCUT2D eigenvalue weighted by molar-refractivity contribution is -0.158. The van der Waals surface area contributed by atoms with Gasteiger partial charge in [-0.1, -0.05) is 30.3 Å². The first kappa shape index (κ1) is 26.8. The maximum Gasteiger partial charge on any atom is 0.312 e. The number of fused-ring (bicyclic) bond motifs is 1. The molecule has 0 fully saturated rings. The van der Waals surface area contributed by atoms with Gasteiger partial charge >= 0.3 is 5.97 Å². The number of benzene rings is 1. The fourth-order valence-corrected chi connectivity index (χ4v) is 4.59. The fourth-order valence-electron chi connectivity index (χ4n) is 4.59. The van der Waals surface area contributed by atoms with Crippen molar-refractivity contribution in [1.82, 2.24) is 24.9 Å². The number of aromatic nitrogens is 4. The molecule has 0 saturated carbocycles. The molecule has 9 heteroatoms. The lowest BCUT2D eigenvalue weighted by atomic mass is 9.81. The molecule has 1 aromatic carbocycles. The van der Waals surface area contributed by atoms with Crippen LogP contribution in [0, 0.1) is 12.3 Å². The van der Waals surface area contributed by atoms with Crippen molar-refractivity contribution in [3.8, 4) is 5.75 Å². The molecule has 0 bridgehead atoms. The van der Waals surface area contributed by atoms with E-state index in [4.69, 9.17) is 9.47 Å². The molecule has 1 aliphatic rings. The second-order valence-electron chi connectivity index (χ2n) is 10.2. The van der Waals surface area contributed by atoms with Crippen LogP contribution >= 0.6 is 0 Å². The van der Waals surface area contributed by atoms with Crippen LogP contribution in [0.4, 0.5) is 0 Å². The zero-order valence-electron chi connectivity index (χ0n) is 22.3. The van der Waals surface area contributed by atoms with Crippen LogP contribution in [0.25, 0.3) is 0 Å². The number of carbonyl (C=O) groups is 1. The van der Waals surface area contributed by atoms with Crippen LogP contribution in [-0.2, 0) is 35.8 Å². The number of aliphatic carboxylic acids is 1. The van der Waals surface area contributed by atoms with E-state index in [1.54, 1.807) is 24.7 Å². The van der Waals surface area contributed by atoms with Crippen molar-refractivity contribution in [3.63, 3.8) is 0 Å². The van der Waals surface area contributed by atoms with Crippen LogP contribution in [0.5, 0.6) is 5.75 Å². The Hall–Kier alpha value is -3.30. The summed E-state index contributed by atoms with van der Waals surface area (Å²) in [5.74, 6) is -0.0750. The fraction of sp³-hybridized carbons (Fsp3) is 0.500. The van der Waals surface area contributed by atoms with Gasteiger partial charge in [0.1, 0.15) is 17.5 Å². The predicted octanol–water partition coefficient (Wildman–Crippen LogP) is 4.54. The molecule has 37 heavy (non-hydrogen) atoms. The minimum Gasteiger partial charge on any atom is -0.487 e. The summed E-state index contributed by atoms with van der Waals surface area (Å²) in [6, 6.07) is 9.98. The van der Waals surface area contributed by atoms with E-state index >= 15 is 0 Å². The molecule has 0 radical (unpaired) electrons. The van der Waals surface area contributed by atoms with E-state index in [9.17, 15) is 9.90 Å². The zero-order chi connectivity index (χ0) is 26.6. The Morgan fingerprint density at radius 2 is 2.11 bits per heavy atom. The first-order valence-corrected chi connectivity index (χ1v) is 12.9. The van der Waals surface area contributed by atoms with Crippen molar-refractivity contribution in [1.29, 1.82) is 0 Å². The molecule has 198 valence electrons. The van der Waals surface area contributed by atoms with Gasteiger partial charge in [0.25, 0.3) is 0 Å². The van der Waals surface area contributed by atoms with E-state index in [1.165, 1.54) is 0 Å². The number of carboxylic acid groups (broad SMARTS) is 1. The molecule has 0 aliphatic carbocycles. The standard InChI is InChI=1S/C28H37N5O4/c1-6-23-16-32(17-24-25(37-23)9-8-12-29-24)14-21-13-20(11-10-19(21)3)26(28(4,5)27(34)35)36-18-22-15-33(7-2)31-30-22/h8-13,15,23,26H,6-7,14,16-18H2,1-5H3,(H,34,35)/t23-,26+/m1/s1. The summed E-state index contributed by atoms with van der Waals surface area (Å²) in [6.45, 7) is 12.6. The zero-order valence-corrected chi connectivity index (χ0v) is 22.3. The van der Waals surface area contributed by atoms with E-state index in [1.807, 2.05) is 37.4 Å². The first-order valence-electron chi connectivity index (χ1n) is 12.9. The number of hydrogen-bond donors (Lipinski definition) is 1. The Labute approximate surface area is 218 Å². The summed E-state index contributed by atoms with van der Waals surface area (Å²) in [4.78, 5) is 19.2. The smallest absolute Gasteiger partial charge is 0.312 e. The van der Waals surface area contributed by atoms with Gasteiger partial charge in [0.15, 0.2) is 0 Å². The van der Waals surface area contributed by atoms with Gasteiger partial charge in [0.2, 0.25) is 0 Å². The quantitative estimate of drug-likeness (QED) is 0.427. The highest BCUT2D eigenvalue weighted by Crippen LogP contribution is 2.38. The van der Waals surface area contributed by atoms with E-state index < -0.39 is 17.5 Å². The summed E-state index contributed by atoms with van der Waals surface area (Å²) in [5, 5.41) is 18.2. The van der Waals surface area contributed by atoms with Gasteiger partial charge in [0, 0.05) is 32.4 Å². The molecular weight excluding hydrogens is 470 g/mol. The third kappa shape index (κ3) is 6.17. The molecule has 9 nitrogen and oxygen atoms in total. The lowest BCUT2D eigenvalue weighted by Gasteiger charge is -2.31. The molecule has 2 aromatic heterocycles. The average molecular weight is 508 g/mol. The van der Waals surface area contributed by atoms with Crippen molar-refractivity contribution >= 4 is 5.97 Å². The number of carboxylic acids is 1. The van der Waals surface area contributed by atoms with Gasteiger partial charge in [-0.25, -0.2) is 0 Å². The molecule has 0 amide bonds. The van der Waals surface area contributed by atoms with Crippen molar-refractivity contribution < 1.29 is 19.4 Å². The van der Waals surface area contributed by atoms with Gasteiger partial charge in [0.05, 0.1) is 30.0 Å². The maximum atomic E-state index is 12.2. The molecule has 0 saturated heterocycles. The number of nitrogens with zero attached hydrogens (tertiary/aromatic N) is 5. The number of rotatable bonds is 10. The Kier molecular flexibility index (Phi) is 8.24. The highest BCUT2D eigenvalue weighted by Gasteiger charge is 2.39. The summed E-state index contributed by atoms with van der Waals surface area (Å²) in [6.07, 6.45) is 3.92. The number of pyridine rings is 1. The Bertz CT molecular complexity index is 1220. The van der Waals surface area contributed by atoms with Crippen molar-refractivity contribution in [3.05, 3.63) is 70.8 Å². The molecule has 4 rings (SSSR count). The Morgan fingerprint density at radius 1 is 1.30 bits per heavy atom. The minimum absolute atomic E-state index is 0.0764. The Balaban J connectivity index is 1.60. The van der Waals surface area contributed by atoms with Crippen molar-refractivity contribution in [2.45, 2.75) is 79.5 Å². The van der Waals surface area contributed by atoms with Gasteiger partial charge < -0.3 is 14.6 Å². The second-order valence-corrected chi connectivity index (χ2v) is 10.2. The maximum absolute atomic E-state index is 12.2. The minimum atomic E-state index is -1.15. The largest absolute Gasteiger partial charge is 0.487 e. The summed E-state index contributed by atoms with van der Waals surface area (Å²) >= 11 is 0. The van der Waals surface area contributed by atoms with Crippen molar-refractivity contribution in [2.75, 3.05) is 6.54 Å². The third-order valence-corrected chi connectivity index (χ3v) is 7.02. The number of ether oxygens (including phenoxy) is 2. The topological polar surface area (TPSA) is 103 Å². The van der Waals surface area contributed by atoms with Crippen LogP contribution in [0.2, 0.25) is 0 Å². The summed E-state index contributed by atoms with van der Waals surface area (Å²) in [5.41, 5.74) is 3.54. The molecule has 1 N–H and O–H groups in total. The Morgan fingerprint density at radius 3 is 2.81 bits per heavy atom. The second kappa shape index (κ2) is 11.4. The van der Waals surface area contributed by atoms with E-state index in [0.29, 0.717) is 25.3 Å². The monoisotopic (exact) mass is 507 g/mol. The van der Waals surface area contributed by atoms with E-state index in [0.717, 1.165) is 41.1 Å². The van der Waals surface area contributed by atoms with E-state index in [2.05, 4.69) is 40.1 Å². The lowest BCUT2D eigenvalue weighted by Crippen LogP contribution is -2.34. The van der Waals surface area contributed by atoms with E-state index in [-0.39, 0.29) is 12.7 Å². The predicted molar refractivity (Wildman–Crippen MR) is 139 cm³/mol. The molecule has 0 unspecified atom stereocenters. The van der Waals surface area contributed by atoms with Crippen molar-refractivity contribution in [2.24, 2.45) is 5.41 Å². The molecule has 2 atom stereocenters. The first-order chi connectivity index (χ1) is 17.7. The molecule has 3 heterocycles. The molecule has 0 spiro atoms. The van der Waals surface area contributed by atoms with Gasteiger partial charge in [-0.15, -0.1) is 5.10 Å². The molecular formula is C28H37N5O4. The van der Waals surface area contributed by atoms with Gasteiger partial charge in [-0.05, 0) is 62.9 Å². The number of aryl methyl sites for hydroxylation is 2. The summed E-state index contributed by atoms with van der Waals surface area (Å²) in [7, 11) is 0. The molecule has 1 aliphatic heterocycles. The van der Waals surface area contributed by atoms with Gasteiger partial charge in [-0.2, -0.15) is 0 Å². The highest BCUT2D eigenvalue weighted by atomic mass is 16.5. The van der Waals surface area contributed by atoms with Crippen LogP contribution in [0.1, 0.15) is 68.3 Å². The summed E-state index contributed by atoms with van der Waals surface area (Å²) < 4.78 is 14.2. The van der Waals surface area contributed by atoms with Crippen LogP contribution in [-0.4, -0.2) is 48.6 Å². The average Bonchev–Trinajstić information content (AvgIpc) is 3.26. The van der Waals surface area contributed by atoms with Gasteiger partial charge in [-0.3, -0.25) is 19.4 Å². The van der Waals surface area contributed by atoms with Crippen LogP contribution in [0.15, 0.2) is 42.7 Å². The highest BCUT2D eigenvalue weighted by molar-refractivity contribution is 5.74. The number of hydrogen-bond acceptors (Lipinski definition) is 7. The van der Waals surface area contributed by atoms with Crippen LogP contribution < -0.4 is 4.74 Å². The molecule has 3 aromatic rings. The normalized spacial score (nSPS) is 17.1. The third-order valence-electron chi connectivity index (χ3n) is 7.02.